The highest BCUT2D eigenvalue weighted by Crippen LogP contribution is 2.58. The van der Waals surface area contributed by atoms with Crippen LogP contribution in [0.1, 0.15) is 42.7 Å². The molecule has 1 aliphatic carbocycles. The van der Waals surface area contributed by atoms with Gasteiger partial charge in [-0.15, -0.1) is 0 Å². The molecule has 0 radical (unpaired) electrons. The van der Waals surface area contributed by atoms with E-state index in [1.165, 1.54) is 12.7 Å². The van der Waals surface area contributed by atoms with Gasteiger partial charge in [-0.2, -0.15) is 0 Å². The minimum absolute atomic E-state index is 0.0305. The second-order valence-electron chi connectivity index (χ2n) is 6.51. The first kappa shape index (κ1) is 11.9. The van der Waals surface area contributed by atoms with Crippen molar-refractivity contribution in [3.05, 3.63) is 11.6 Å². The zero-order valence-electron chi connectivity index (χ0n) is 14.6. The van der Waals surface area contributed by atoms with E-state index < -0.39 is 29.5 Å². The van der Waals surface area contributed by atoms with Gasteiger partial charge in [0.15, 0.2) is 5.78 Å². The van der Waals surface area contributed by atoms with Crippen LogP contribution < -0.4 is 0 Å². The van der Waals surface area contributed by atoms with Crippen LogP contribution in [0.5, 0.6) is 0 Å². The van der Waals surface area contributed by atoms with Crippen molar-refractivity contribution in [1.29, 1.82) is 0 Å². The third kappa shape index (κ3) is 2.14. The van der Waals surface area contributed by atoms with Crippen molar-refractivity contribution in [2.24, 2.45) is 5.92 Å². The Balaban J connectivity index is 1.86. The summed E-state index contributed by atoms with van der Waals surface area (Å²) in [6.45, 7) is 6.55. The lowest BCUT2D eigenvalue weighted by Gasteiger charge is -2.37. The van der Waals surface area contributed by atoms with E-state index in [1.54, 1.807) is 0 Å². The first-order valence-electron chi connectivity index (χ1n) is 8.18. The summed E-state index contributed by atoms with van der Waals surface area (Å²) in [5, 5.41) is 0. The summed E-state index contributed by atoms with van der Waals surface area (Å²) in [4.78, 5) is 12.4. The standard InChI is InChI=1S/C16H24O4/c1-10(2)5-6-12-15(3,20-12)14-13(18-4)11(17)7-8-16(14)9-19-16/h5,12-14H,6-9H2,1-4H3/t12-,13-,14-,15+,16+/m1/s1/i7D2. The largest absolute Gasteiger partial charge is 0.373 e. The number of hydrogen-bond donors (Lipinski definition) is 0. The average molecular weight is 282 g/mol. The Morgan fingerprint density at radius 3 is 2.85 bits per heavy atom. The maximum Gasteiger partial charge on any atom is 0.162 e. The molecule has 1 spiro atoms. The molecule has 3 aliphatic rings. The fourth-order valence-electron chi connectivity index (χ4n) is 3.49. The number of ether oxygens (including phenoxy) is 3. The Hall–Kier alpha value is -0.710. The molecule has 0 aromatic heterocycles. The monoisotopic (exact) mass is 282 g/mol. The molecule has 5 atom stereocenters. The minimum atomic E-state index is -1.89. The normalized spacial score (nSPS) is 50.4. The Labute approximate surface area is 123 Å². The fourth-order valence-corrected chi connectivity index (χ4v) is 3.49. The van der Waals surface area contributed by atoms with E-state index in [9.17, 15) is 4.79 Å². The third-order valence-electron chi connectivity index (χ3n) is 4.79. The lowest BCUT2D eigenvalue weighted by Crippen LogP contribution is -2.52. The quantitative estimate of drug-likeness (QED) is 0.586. The van der Waals surface area contributed by atoms with Crippen LogP contribution >= 0.6 is 0 Å². The van der Waals surface area contributed by atoms with Gasteiger partial charge in [-0.1, -0.05) is 11.6 Å². The topological polar surface area (TPSA) is 51.4 Å². The molecule has 2 aliphatic heterocycles. The SMILES string of the molecule is [2H]C1([2H])C[C@]2(CO2)[C@@H]([C@@]2(C)O[C@@H]2CC=C(C)C)[C@H](OC)C1=O. The second-order valence-corrected chi connectivity index (χ2v) is 6.51. The molecule has 4 nitrogen and oxygen atoms in total. The number of epoxide rings is 2. The summed E-state index contributed by atoms with van der Waals surface area (Å²) < 4.78 is 32.9. The first-order chi connectivity index (χ1) is 10.2. The van der Waals surface area contributed by atoms with Gasteiger partial charge < -0.3 is 14.2 Å². The first-order valence-corrected chi connectivity index (χ1v) is 7.18. The number of carbonyl (C=O) groups excluding carboxylic acids is 1. The molecule has 4 heteroatoms. The van der Waals surface area contributed by atoms with Gasteiger partial charge in [-0.3, -0.25) is 4.79 Å². The summed E-state index contributed by atoms with van der Waals surface area (Å²) in [6, 6.07) is 0. The Morgan fingerprint density at radius 1 is 1.60 bits per heavy atom. The summed E-state index contributed by atoms with van der Waals surface area (Å²) >= 11 is 0. The number of ketones is 1. The van der Waals surface area contributed by atoms with Crippen molar-refractivity contribution < 1.29 is 21.7 Å². The molecule has 0 amide bonds. The highest BCUT2D eigenvalue weighted by Gasteiger charge is 2.71. The summed E-state index contributed by atoms with van der Waals surface area (Å²) in [7, 11) is 1.46. The molecule has 2 heterocycles. The zero-order valence-corrected chi connectivity index (χ0v) is 12.6. The van der Waals surface area contributed by atoms with Crippen LogP contribution in [0, 0.1) is 5.92 Å². The van der Waals surface area contributed by atoms with Crippen LogP contribution in [-0.4, -0.2) is 42.9 Å². The van der Waals surface area contributed by atoms with E-state index >= 15 is 0 Å². The van der Waals surface area contributed by atoms with Crippen molar-refractivity contribution in [2.45, 2.75) is 63.4 Å². The van der Waals surface area contributed by atoms with E-state index in [0.29, 0.717) is 6.61 Å². The molecule has 2 saturated heterocycles. The van der Waals surface area contributed by atoms with Crippen LogP contribution in [0.25, 0.3) is 0 Å². The number of Topliss-reactive ketones (excluding diaryl/α,β-unsaturated/α-hetero) is 1. The van der Waals surface area contributed by atoms with E-state index in [0.717, 1.165) is 6.42 Å². The predicted octanol–water partition coefficient (Wildman–Crippen LogP) is 2.26. The zero-order chi connectivity index (χ0) is 16.3. The van der Waals surface area contributed by atoms with Gasteiger partial charge in [-0.25, -0.2) is 0 Å². The maximum atomic E-state index is 12.4. The van der Waals surface area contributed by atoms with Gasteiger partial charge in [0.1, 0.15) is 17.3 Å². The molecule has 1 saturated carbocycles. The molecular weight excluding hydrogens is 256 g/mol. The highest BCUT2D eigenvalue weighted by molar-refractivity contribution is 5.85. The molecule has 0 bridgehead atoms. The van der Waals surface area contributed by atoms with Crippen molar-refractivity contribution in [2.75, 3.05) is 13.7 Å². The summed E-state index contributed by atoms with van der Waals surface area (Å²) in [5.41, 5.74) is 0.122. The Bertz CT molecular complexity index is 522. The second kappa shape index (κ2) is 4.65. The van der Waals surface area contributed by atoms with Gasteiger partial charge in [0, 0.05) is 16.2 Å². The lowest BCUT2D eigenvalue weighted by atomic mass is 9.69. The molecule has 0 aromatic carbocycles. The van der Waals surface area contributed by atoms with Gasteiger partial charge >= 0.3 is 0 Å². The molecule has 3 rings (SSSR count). The van der Waals surface area contributed by atoms with Crippen molar-refractivity contribution in [3.63, 3.8) is 0 Å². The summed E-state index contributed by atoms with van der Waals surface area (Å²) in [6.07, 6.45) is 0.340. The molecule has 112 valence electrons. The molecule has 0 aromatic rings. The van der Waals surface area contributed by atoms with E-state index in [4.69, 9.17) is 17.0 Å². The molecule has 20 heavy (non-hydrogen) atoms. The number of methoxy groups -OCH3 is 1. The van der Waals surface area contributed by atoms with Crippen LogP contribution in [0.4, 0.5) is 0 Å². The smallest absolute Gasteiger partial charge is 0.162 e. The van der Waals surface area contributed by atoms with Crippen LogP contribution in [0.15, 0.2) is 11.6 Å². The number of allylic oxidation sites excluding steroid dienone is 1. The van der Waals surface area contributed by atoms with Crippen molar-refractivity contribution in [3.8, 4) is 0 Å². The van der Waals surface area contributed by atoms with Crippen molar-refractivity contribution >= 4 is 5.78 Å². The molecule has 0 N–H and O–H groups in total. The van der Waals surface area contributed by atoms with Gasteiger partial charge in [0.25, 0.3) is 0 Å². The van der Waals surface area contributed by atoms with E-state index in [1.807, 2.05) is 20.8 Å². The van der Waals surface area contributed by atoms with Gasteiger partial charge in [0.2, 0.25) is 0 Å². The molecule has 3 fully saturated rings. The predicted molar refractivity (Wildman–Crippen MR) is 74.5 cm³/mol. The number of rotatable bonds is 4. The van der Waals surface area contributed by atoms with Crippen LogP contribution in [0.3, 0.4) is 0 Å². The Kier molecular flexibility index (Phi) is 2.77. The summed E-state index contributed by atoms with van der Waals surface area (Å²) in [5.74, 6) is -0.740. The maximum absolute atomic E-state index is 12.4. The highest BCUT2D eigenvalue weighted by atomic mass is 16.6. The number of carbonyl (C=O) groups is 1. The van der Waals surface area contributed by atoms with Crippen LogP contribution in [0.2, 0.25) is 0 Å². The fraction of sp³-hybridized carbons (Fsp3) is 0.812. The molecule has 0 unspecified atom stereocenters. The Morgan fingerprint density at radius 2 is 2.30 bits per heavy atom. The van der Waals surface area contributed by atoms with E-state index in [2.05, 4.69) is 6.08 Å². The van der Waals surface area contributed by atoms with E-state index in [-0.39, 0.29) is 18.4 Å². The molecular formula is C16H24O4. The van der Waals surface area contributed by atoms with Crippen LogP contribution in [-0.2, 0) is 19.0 Å². The van der Waals surface area contributed by atoms with Crippen molar-refractivity contribution in [1.82, 2.24) is 0 Å². The van der Waals surface area contributed by atoms with Gasteiger partial charge in [-0.05, 0) is 33.6 Å². The number of hydrogen-bond acceptors (Lipinski definition) is 4. The lowest BCUT2D eigenvalue weighted by molar-refractivity contribution is -0.142. The van der Waals surface area contributed by atoms with Gasteiger partial charge in [0.05, 0.1) is 18.6 Å². The third-order valence-corrected chi connectivity index (χ3v) is 4.79. The minimum Gasteiger partial charge on any atom is -0.373 e. The average Bonchev–Trinajstić information content (AvgIpc) is 3.30.